The molecule has 0 aliphatic rings. The second-order valence-electron chi connectivity index (χ2n) is 3.47. The molecular weight excluding hydrogens is 247 g/mol. The van der Waals surface area contributed by atoms with Crippen LogP contribution in [0.4, 0.5) is 4.39 Å². The summed E-state index contributed by atoms with van der Waals surface area (Å²) in [6.45, 7) is 2.06. The standard InChI is InChI=1S/C12H14ClFOS/c1-2-6-16-8-9(15)7-10-11(13)4-3-5-12(10)14/h3-5H,2,6-8H2,1H3. The van der Waals surface area contributed by atoms with E-state index in [1.807, 2.05) is 0 Å². The zero-order chi connectivity index (χ0) is 12.0. The fourth-order valence-electron chi connectivity index (χ4n) is 1.28. The van der Waals surface area contributed by atoms with Gasteiger partial charge in [-0.15, -0.1) is 0 Å². The van der Waals surface area contributed by atoms with E-state index in [0.29, 0.717) is 16.3 Å². The maximum absolute atomic E-state index is 13.4. The lowest BCUT2D eigenvalue weighted by molar-refractivity contribution is -0.116. The third-order valence-corrected chi connectivity index (χ3v) is 3.62. The highest BCUT2D eigenvalue weighted by Gasteiger charge is 2.11. The summed E-state index contributed by atoms with van der Waals surface area (Å²) in [5, 5.41) is 0.328. The van der Waals surface area contributed by atoms with Crippen LogP contribution in [0.25, 0.3) is 0 Å². The van der Waals surface area contributed by atoms with Gasteiger partial charge in [0.15, 0.2) is 0 Å². The maximum Gasteiger partial charge on any atom is 0.147 e. The first-order valence-corrected chi connectivity index (χ1v) is 6.70. The second-order valence-corrected chi connectivity index (χ2v) is 4.98. The third-order valence-electron chi connectivity index (χ3n) is 2.05. The van der Waals surface area contributed by atoms with Gasteiger partial charge in [-0.2, -0.15) is 11.8 Å². The number of hydrogen-bond acceptors (Lipinski definition) is 2. The van der Waals surface area contributed by atoms with Gasteiger partial charge in [0.25, 0.3) is 0 Å². The van der Waals surface area contributed by atoms with Gasteiger partial charge in [-0.05, 0) is 24.3 Å². The van der Waals surface area contributed by atoms with E-state index < -0.39 is 5.82 Å². The Hall–Kier alpha value is -0.540. The fourth-order valence-corrected chi connectivity index (χ4v) is 2.27. The zero-order valence-electron chi connectivity index (χ0n) is 9.13. The summed E-state index contributed by atoms with van der Waals surface area (Å²) in [5.74, 6) is 1.00. The van der Waals surface area contributed by atoms with Crippen LogP contribution in [-0.4, -0.2) is 17.3 Å². The van der Waals surface area contributed by atoms with E-state index in [2.05, 4.69) is 6.92 Å². The normalized spacial score (nSPS) is 10.4. The molecule has 1 aromatic carbocycles. The second kappa shape index (κ2) is 6.92. The van der Waals surface area contributed by atoms with Crippen molar-refractivity contribution in [3.8, 4) is 0 Å². The first-order valence-electron chi connectivity index (χ1n) is 5.17. The molecule has 0 atom stereocenters. The Bertz CT molecular complexity index is 348. The van der Waals surface area contributed by atoms with Gasteiger partial charge >= 0.3 is 0 Å². The molecule has 0 aliphatic carbocycles. The predicted octanol–water partition coefficient (Wildman–Crippen LogP) is 3.73. The number of thioether (sulfide) groups is 1. The SMILES string of the molecule is CCCSCC(=O)Cc1c(F)cccc1Cl. The first kappa shape index (κ1) is 13.5. The molecule has 0 fully saturated rings. The molecule has 0 spiro atoms. The van der Waals surface area contributed by atoms with Gasteiger partial charge in [0.1, 0.15) is 11.6 Å². The molecule has 0 heterocycles. The number of benzene rings is 1. The fraction of sp³-hybridized carbons (Fsp3) is 0.417. The van der Waals surface area contributed by atoms with Crippen molar-refractivity contribution in [2.45, 2.75) is 19.8 Å². The van der Waals surface area contributed by atoms with Gasteiger partial charge in [0.2, 0.25) is 0 Å². The first-order chi connectivity index (χ1) is 7.65. The summed E-state index contributed by atoms with van der Waals surface area (Å²) < 4.78 is 13.4. The monoisotopic (exact) mass is 260 g/mol. The van der Waals surface area contributed by atoms with E-state index in [-0.39, 0.29) is 12.2 Å². The topological polar surface area (TPSA) is 17.1 Å². The Morgan fingerprint density at radius 1 is 1.50 bits per heavy atom. The number of hydrogen-bond donors (Lipinski definition) is 0. The number of ketones is 1. The van der Waals surface area contributed by atoms with Crippen LogP contribution in [0, 0.1) is 5.82 Å². The van der Waals surface area contributed by atoms with Crippen molar-refractivity contribution >= 4 is 29.1 Å². The molecule has 0 N–H and O–H groups in total. The largest absolute Gasteiger partial charge is 0.298 e. The van der Waals surface area contributed by atoms with Gasteiger partial charge in [-0.3, -0.25) is 4.79 Å². The Balaban J connectivity index is 2.56. The van der Waals surface area contributed by atoms with E-state index in [4.69, 9.17) is 11.6 Å². The molecule has 0 amide bonds. The van der Waals surface area contributed by atoms with Crippen molar-refractivity contribution in [1.29, 1.82) is 0 Å². The van der Waals surface area contributed by atoms with Crippen molar-refractivity contribution in [2.75, 3.05) is 11.5 Å². The molecule has 0 saturated heterocycles. The van der Waals surface area contributed by atoms with Crippen molar-refractivity contribution < 1.29 is 9.18 Å². The molecule has 0 unspecified atom stereocenters. The van der Waals surface area contributed by atoms with Gasteiger partial charge in [-0.25, -0.2) is 4.39 Å². The summed E-state index contributed by atoms with van der Waals surface area (Å²) in [6, 6.07) is 4.47. The lowest BCUT2D eigenvalue weighted by Gasteiger charge is -2.04. The van der Waals surface area contributed by atoms with Crippen LogP contribution in [-0.2, 0) is 11.2 Å². The van der Waals surface area contributed by atoms with Crippen LogP contribution in [0.2, 0.25) is 5.02 Å². The van der Waals surface area contributed by atoms with Gasteiger partial charge < -0.3 is 0 Å². The van der Waals surface area contributed by atoms with E-state index in [1.54, 1.807) is 17.8 Å². The lowest BCUT2D eigenvalue weighted by Crippen LogP contribution is -2.08. The highest BCUT2D eigenvalue weighted by Crippen LogP contribution is 2.20. The molecule has 1 nitrogen and oxygen atoms in total. The summed E-state index contributed by atoms with van der Waals surface area (Å²) in [7, 11) is 0. The van der Waals surface area contributed by atoms with Crippen molar-refractivity contribution in [3.05, 3.63) is 34.6 Å². The molecule has 16 heavy (non-hydrogen) atoms. The summed E-state index contributed by atoms with van der Waals surface area (Å²) in [4.78, 5) is 11.5. The Kier molecular flexibility index (Phi) is 5.85. The molecule has 88 valence electrons. The predicted molar refractivity (Wildman–Crippen MR) is 67.7 cm³/mol. The lowest BCUT2D eigenvalue weighted by atomic mass is 10.1. The number of carbonyl (C=O) groups is 1. The minimum atomic E-state index is -0.402. The minimum Gasteiger partial charge on any atom is -0.298 e. The number of Topliss-reactive ketones (excluding diaryl/α,β-unsaturated/α-hetero) is 1. The van der Waals surface area contributed by atoms with E-state index in [9.17, 15) is 9.18 Å². The van der Waals surface area contributed by atoms with Crippen LogP contribution in [0.3, 0.4) is 0 Å². The van der Waals surface area contributed by atoms with Crippen LogP contribution >= 0.6 is 23.4 Å². The van der Waals surface area contributed by atoms with Crippen molar-refractivity contribution in [2.24, 2.45) is 0 Å². The Labute approximate surface area is 104 Å². The quantitative estimate of drug-likeness (QED) is 0.725. The molecule has 0 bridgehead atoms. The minimum absolute atomic E-state index is 0.0189. The molecule has 0 aliphatic heterocycles. The Morgan fingerprint density at radius 3 is 2.88 bits per heavy atom. The molecular formula is C12H14ClFOS. The van der Waals surface area contributed by atoms with E-state index in [1.165, 1.54) is 12.1 Å². The van der Waals surface area contributed by atoms with Crippen LogP contribution < -0.4 is 0 Å². The highest BCUT2D eigenvalue weighted by molar-refractivity contribution is 7.99. The van der Waals surface area contributed by atoms with Crippen LogP contribution in [0.5, 0.6) is 0 Å². The number of rotatable bonds is 6. The summed E-state index contributed by atoms with van der Waals surface area (Å²) in [5.41, 5.74) is 0.311. The van der Waals surface area contributed by atoms with E-state index >= 15 is 0 Å². The maximum atomic E-state index is 13.4. The Morgan fingerprint density at radius 2 is 2.25 bits per heavy atom. The van der Waals surface area contributed by atoms with Crippen LogP contribution in [0.15, 0.2) is 18.2 Å². The summed E-state index contributed by atoms with van der Waals surface area (Å²) in [6.07, 6.45) is 1.13. The molecule has 4 heteroatoms. The average molecular weight is 261 g/mol. The third kappa shape index (κ3) is 4.14. The number of halogens is 2. The smallest absolute Gasteiger partial charge is 0.147 e. The molecule has 0 aromatic heterocycles. The van der Waals surface area contributed by atoms with Gasteiger partial charge in [0.05, 0.1) is 5.75 Å². The zero-order valence-corrected chi connectivity index (χ0v) is 10.7. The van der Waals surface area contributed by atoms with Gasteiger partial charge in [0, 0.05) is 17.0 Å². The molecule has 1 aromatic rings. The molecule has 0 radical (unpaired) electrons. The average Bonchev–Trinajstić information content (AvgIpc) is 2.24. The number of carbonyl (C=O) groups excluding carboxylic acids is 1. The van der Waals surface area contributed by atoms with E-state index in [0.717, 1.165) is 12.2 Å². The summed E-state index contributed by atoms with van der Waals surface area (Å²) >= 11 is 7.41. The highest BCUT2D eigenvalue weighted by atomic mass is 35.5. The molecule has 1 rings (SSSR count). The van der Waals surface area contributed by atoms with Gasteiger partial charge in [-0.1, -0.05) is 24.6 Å². The van der Waals surface area contributed by atoms with Crippen LogP contribution in [0.1, 0.15) is 18.9 Å². The van der Waals surface area contributed by atoms with Crippen molar-refractivity contribution in [1.82, 2.24) is 0 Å². The van der Waals surface area contributed by atoms with Crippen molar-refractivity contribution in [3.63, 3.8) is 0 Å². The molecule has 0 saturated carbocycles.